The maximum atomic E-state index is 13.1. The number of anilines is 1. The quantitative estimate of drug-likeness (QED) is 0.685. The smallest absolute Gasteiger partial charge is 0.325 e. The molecule has 0 radical (unpaired) electrons. The highest BCUT2D eigenvalue weighted by atomic mass is 79.9. The van der Waals surface area contributed by atoms with Gasteiger partial charge in [0.05, 0.1) is 22.1 Å². The number of amides is 1. The third-order valence-electron chi connectivity index (χ3n) is 4.70. The van der Waals surface area contributed by atoms with Gasteiger partial charge in [0.1, 0.15) is 0 Å². The molecule has 0 aromatic heterocycles. The van der Waals surface area contributed by atoms with Crippen LogP contribution in [-0.4, -0.2) is 31.7 Å². The summed E-state index contributed by atoms with van der Waals surface area (Å²) in [6.45, 7) is 0.166. The molecule has 5 nitrogen and oxygen atoms in total. The number of piperidine rings is 1. The van der Waals surface area contributed by atoms with E-state index < -0.39 is 33.6 Å². The van der Waals surface area contributed by atoms with Crippen LogP contribution in [0.2, 0.25) is 0 Å². The van der Waals surface area contributed by atoms with E-state index >= 15 is 0 Å². The summed E-state index contributed by atoms with van der Waals surface area (Å²) >= 11 is 3.25. The molecule has 0 aliphatic carbocycles. The lowest BCUT2D eigenvalue weighted by atomic mass is 9.98. The average molecular weight is 491 g/mol. The Kier molecular flexibility index (Phi) is 6.35. The maximum absolute atomic E-state index is 13.1. The van der Waals surface area contributed by atoms with Gasteiger partial charge in [-0.1, -0.05) is 28.1 Å². The molecule has 1 aliphatic rings. The molecule has 1 amide bonds. The van der Waals surface area contributed by atoms with E-state index in [-0.39, 0.29) is 23.7 Å². The number of alkyl halides is 3. The minimum absolute atomic E-state index is 0.0849. The summed E-state index contributed by atoms with van der Waals surface area (Å²) in [5.74, 6) is -1.37. The van der Waals surface area contributed by atoms with Crippen LogP contribution in [-0.2, 0) is 21.0 Å². The molecule has 0 bridgehead atoms. The van der Waals surface area contributed by atoms with Gasteiger partial charge in [-0.05, 0) is 49.2 Å². The molecular weight excluding hydrogens is 473 g/mol. The Hall–Kier alpha value is -1.91. The van der Waals surface area contributed by atoms with Gasteiger partial charge in [0.15, 0.2) is 0 Å². The fraction of sp³-hybridized carbons (Fsp3) is 0.316. The number of nitrogens with zero attached hydrogens (tertiary/aromatic N) is 1. The van der Waals surface area contributed by atoms with Crippen molar-refractivity contribution in [3.05, 3.63) is 58.6 Å². The van der Waals surface area contributed by atoms with Crippen molar-refractivity contribution in [1.82, 2.24) is 4.31 Å². The zero-order valence-corrected chi connectivity index (χ0v) is 17.5. The van der Waals surface area contributed by atoms with Crippen molar-refractivity contribution < 1.29 is 26.4 Å². The van der Waals surface area contributed by atoms with Crippen LogP contribution in [0.4, 0.5) is 18.9 Å². The van der Waals surface area contributed by atoms with E-state index in [0.29, 0.717) is 12.8 Å². The number of carbonyl (C=O) groups excluding carboxylic acids is 1. The number of para-hydroxylation sites is 1. The molecule has 29 heavy (non-hydrogen) atoms. The summed E-state index contributed by atoms with van der Waals surface area (Å²) in [6.07, 6.45) is -3.77. The molecule has 2 aromatic carbocycles. The Balaban J connectivity index is 1.76. The van der Waals surface area contributed by atoms with Gasteiger partial charge >= 0.3 is 6.18 Å². The second-order valence-electron chi connectivity index (χ2n) is 6.69. The van der Waals surface area contributed by atoms with E-state index in [1.807, 2.05) is 0 Å². The van der Waals surface area contributed by atoms with E-state index in [0.717, 1.165) is 10.5 Å². The molecule has 0 spiro atoms. The summed E-state index contributed by atoms with van der Waals surface area (Å²) in [6, 6.07) is 10.8. The molecule has 3 rings (SSSR count). The standard InChI is InChI=1S/C19H18BrF3N2O3S/c20-14-7-9-15(10-8-14)29(27,28)25-11-3-4-13(12-25)18(26)24-17-6-2-1-5-16(17)19(21,22)23/h1-2,5-10,13H,3-4,11-12H2,(H,24,26)/t13-/m0/s1. The van der Waals surface area contributed by atoms with Crippen LogP contribution in [0.3, 0.4) is 0 Å². The first-order valence-corrected chi connectivity index (χ1v) is 11.0. The molecule has 1 fully saturated rings. The predicted octanol–water partition coefficient (Wildman–Crippen LogP) is 4.51. The first-order chi connectivity index (χ1) is 13.6. The van der Waals surface area contributed by atoms with Crippen molar-refractivity contribution in [2.75, 3.05) is 18.4 Å². The highest BCUT2D eigenvalue weighted by Crippen LogP contribution is 2.35. The molecule has 156 valence electrons. The molecule has 1 heterocycles. The van der Waals surface area contributed by atoms with Crippen LogP contribution in [0.1, 0.15) is 18.4 Å². The number of benzene rings is 2. The second kappa shape index (κ2) is 8.45. The first-order valence-electron chi connectivity index (χ1n) is 8.82. The fourth-order valence-electron chi connectivity index (χ4n) is 3.20. The van der Waals surface area contributed by atoms with Crippen molar-refractivity contribution in [3.8, 4) is 0 Å². The van der Waals surface area contributed by atoms with Crippen molar-refractivity contribution in [1.29, 1.82) is 0 Å². The van der Waals surface area contributed by atoms with Crippen LogP contribution in [0, 0.1) is 5.92 Å². The normalized spacial score (nSPS) is 18.4. The number of rotatable bonds is 4. The number of halogens is 4. The van der Waals surface area contributed by atoms with Gasteiger partial charge in [0.2, 0.25) is 15.9 Å². The fourth-order valence-corrected chi connectivity index (χ4v) is 4.99. The van der Waals surface area contributed by atoms with E-state index in [2.05, 4.69) is 21.2 Å². The van der Waals surface area contributed by atoms with Crippen molar-refractivity contribution in [2.24, 2.45) is 5.92 Å². The number of nitrogens with one attached hydrogen (secondary N) is 1. The number of carbonyl (C=O) groups is 1. The number of hydrogen-bond acceptors (Lipinski definition) is 3. The third-order valence-corrected chi connectivity index (χ3v) is 7.10. The summed E-state index contributed by atoms with van der Waals surface area (Å²) in [4.78, 5) is 12.7. The topological polar surface area (TPSA) is 66.5 Å². The van der Waals surface area contributed by atoms with E-state index in [1.54, 1.807) is 12.1 Å². The van der Waals surface area contributed by atoms with Gasteiger partial charge in [-0.15, -0.1) is 0 Å². The Labute approximate surface area is 175 Å². The maximum Gasteiger partial charge on any atom is 0.418 e. The lowest BCUT2D eigenvalue weighted by Gasteiger charge is -2.31. The molecule has 1 aliphatic heterocycles. The van der Waals surface area contributed by atoms with Crippen LogP contribution >= 0.6 is 15.9 Å². The number of hydrogen-bond donors (Lipinski definition) is 1. The van der Waals surface area contributed by atoms with Crippen LogP contribution in [0.25, 0.3) is 0 Å². The van der Waals surface area contributed by atoms with Crippen molar-refractivity contribution >= 4 is 37.5 Å². The van der Waals surface area contributed by atoms with Crippen LogP contribution in [0.15, 0.2) is 57.9 Å². The lowest BCUT2D eigenvalue weighted by Crippen LogP contribution is -2.43. The van der Waals surface area contributed by atoms with Gasteiger partial charge < -0.3 is 5.32 Å². The van der Waals surface area contributed by atoms with Crippen molar-refractivity contribution in [2.45, 2.75) is 23.9 Å². The van der Waals surface area contributed by atoms with Gasteiger partial charge in [-0.25, -0.2) is 8.42 Å². The minimum Gasteiger partial charge on any atom is -0.325 e. The van der Waals surface area contributed by atoms with Gasteiger partial charge in [-0.3, -0.25) is 4.79 Å². The summed E-state index contributed by atoms with van der Waals surface area (Å²) in [5.41, 5.74) is -1.28. The molecule has 1 N–H and O–H groups in total. The van der Waals surface area contributed by atoms with E-state index in [9.17, 15) is 26.4 Å². The second-order valence-corrected chi connectivity index (χ2v) is 9.54. The molecular formula is C19H18BrF3N2O3S. The molecule has 1 saturated heterocycles. The third kappa shape index (κ3) is 4.99. The number of sulfonamides is 1. The van der Waals surface area contributed by atoms with E-state index in [4.69, 9.17) is 0 Å². The van der Waals surface area contributed by atoms with Gasteiger partial charge in [0, 0.05) is 17.6 Å². The molecule has 1 atom stereocenters. The molecule has 0 saturated carbocycles. The highest BCUT2D eigenvalue weighted by molar-refractivity contribution is 9.10. The largest absolute Gasteiger partial charge is 0.418 e. The Morgan fingerprint density at radius 2 is 1.76 bits per heavy atom. The SMILES string of the molecule is O=C(Nc1ccccc1C(F)(F)F)[C@H]1CCCN(S(=O)(=O)c2ccc(Br)cc2)C1. The molecule has 0 unspecified atom stereocenters. The lowest BCUT2D eigenvalue weighted by molar-refractivity contribution is -0.137. The minimum atomic E-state index is -4.60. The average Bonchev–Trinajstić information content (AvgIpc) is 2.68. The highest BCUT2D eigenvalue weighted by Gasteiger charge is 2.36. The molecule has 10 heteroatoms. The van der Waals surface area contributed by atoms with Crippen LogP contribution < -0.4 is 5.32 Å². The van der Waals surface area contributed by atoms with Gasteiger partial charge in [0.25, 0.3) is 0 Å². The Morgan fingerprint density at radius 1 is 1.10 bits per heavy atom. The molecule has 2 aromatic rings. The Bertz CT molecular complexity index is 995. The van der Waals surface area contributed by atoms with E-state index in [1.165, 1.54) is 34.6 Å². The zero-order chi connectivity index (χ0) is 21.2. The predicted molar refractivity (Wildman–Crippen MR) is 106 cm³/mol. The first kappa shape index (κ1) is 21.8. The van der Waals surface area contributed by atoms with Crippen LogP contribution in [0.5, 0.6) is 0 Å². The monoisotopic (exact) mass is 490 g/mol. The summed E-state index contributed by atoms with van der Waals surface area (Å²) in [7, 11) is -3.80. The summed E-state index contributed by atoms with van der Waals surface area (Å²) in [5, 5.41) is 2.32. The zero-order valence-electron chi connectivity index (χ0n) is 15.1. The van der Waals surface area contributed by atoms with Crippen molar-refractivity contribution in [3.63, 3.8) is 0 Å². The Morgan fingerprint density at radius 3 is 2.41 bits per heavy atom. The van der Waals surface area contributed by atoms with Gasteiger partial charge in [-0.2, -0.15) is 17.5 Å². The summed E-state index contributed by atoms with van der Waals surface area (Å²) < 4.78 is 67.0.